The smallest absolute Gasteiger partial charge is 0.289 e. The SMILES string of the molecule is CC(C)C(NC(=O)C1CCOC1)c1nnc2n1CCN(C(=O)c1cc3ccccc3o1)CC2. The van der Waals surface area contributed by atoms with Gasteiger partial charge in [0.25, 0.3) is 5.91 Å². The molecule has 0 radical (unpaired) electrons. The summed E-state index contributed by atoms with van der Waals surface area (Å²) in [6.45, 7) is 6.83. The van der Waals surface area contributed by atoms with Gasteiger partial charge in [-0.3, -0.25) is 9.59 Å². The molecule has 174 valence electrons. The van der Waals surface area contributed by atoms with Gasteiger partial charge in [0.05, 0.1) is 18.6 Å². The number of furan rings is 1. The van der Waals surface area contributed by atoms with E-state index in [1.165, 1.54) is 0 Å². The summed E-state index contributed by atoms with van der Waals surface area (Å²) in [4.78, 5) is 27.7. The quantitative estimate of drug-likeness (QED) is 0.640. The maximum Gasteiger partial charge on any atom is 0.289 e. The van der Waals surface area contributed by atoms with Crippen LogP contribution in [0, 0.1) is 11.8 Å². The van der Waals surface area contributed by atoms with Crippen molar-refractivity contribution in [2.45, 2.75) is 39.3 Å². The Bertz CT molecular complexity index is 1130. The van der Waals surface area contributed by atoms with E-state index in [1.807, 2.05) is 24.3 Å². The summed E-state index contributed by atoms with van der Waals surface area (Å²) in [5.41, 5.74) is 0.707. The maximum atomic E-state index is 13.1. The molecule has 0 saturated carbocycles. The van der Waals surface area contributed by atoms with Gasteiger partial charge in [-0.1, -0.05) is 32.0 Å². The second-order valence-corrected chi connectivity index (χ2v) is 9.11. The predicted octanol–water partition coefficient (Wildman–Crippen LogP) is 2.57. The van der Waals surface area contributed by atoms with Crippen molar-refractivity contribution in [3.05, 3.63) is 47.7 Å². The molecule has 2 aliphatic heterocycles. The average Bonchev–Trinajstić information content (AvgIpc) is 3.54. The fraction of sp³-hybridized carbons (Fsp3) is 0.500. The molecule has 2 aliphatic rings. The lowest BCUT2D eigenvalue weighted by Crippen LogP contribution is -2.38. The minimum absolute atomic E-state index is 0.00105. The number of carbonyl (C=O) groups is 2. The van der Waals surface area contributed by atoms with Crippen LogP contribution in [0.4, 0.5) is 0 Å². The number of hydrogen-bond donors (Lipinski definition) is 1. The highest BCUT2D eigenvalue weighted by molar-refractivity contribution is 5.96. The first-order valence-corrected chi connectivity index (χ1v) is 11.6. The normalized spacial score (nSPS) is 19.5. The molecule has 33 heavy (non-hydrogen) atoms. The standard InChI is InChI=1S/C24H29N5O4/c1-15(2)21(25-23(30)17-8-12-32-14-17)22-27-26-20-7-9-28(10-11-29(20)22)24(31)19-13-16-5-3-4-6-18(16)33-19/h3-6,13,15,17,21H,7-12,14H2,1-2H3,(H,25,30). The Morgan fingerprint density at radius 1 is 1.15 bits per heavy atom. The Hall–Kier alpha value is -3.20. The van der Waals surface area contributed by atoms with Gasteiger partial charge in [-0.2, -0.15) is 0 Å². The van der Waals surface area contributed by atoms with Crippen LogP contribution in [-0.2, 0) is 22.5 Å². The van der Waals surface area contributed by atoms with E-state index in [9.17, 15) is 9.59 Å². The molecule has 5 rings (SSSR count). The molecule has 4 heterocycles. The van der Waals surface area contributed by atoms with Gasteiger partial charge in [-0.05, 0) is 24.5 Å². The molecule has 3 aromatic rings. The number of aromatic nitrogens is 3. The van der Waals surface area contributed by atoms with Crippen LogP contribution in [-0.4, -0.2) is 57.8 Å². The summed E-state index contributed by atoms with van der Waals surface area (Å²) in [6, 6.07) is 9.16. The van der Waals surface area contributed by atoms with Crippen LogP contribution in [0.25, 0.3) is 11.0 Å². The van der Waals surface area contributed by atoms with E-state index in [0.717, 1.165) is 23.5 Å². The summed E-state index contributed by atoms with van der Waals surface area (Å²) in [7, 11) is 0. The van der Waals surface area contributed by atoms with Crippen molar-refractivity contribution in [3.8, 4) is 0 Å². The first-order valence-electron chi connectivity index (χ1n) is 11.6. The van der Waals surface area contributed by atoms with E-state index in [2.05, 4.69) is 33.9 Å². The Labute approximate surface area is 192 Å². The highest BCUT2D eigenvalue weighted by atomic mass is 16.5. The zero-order valence-electron chi connectivity index (χ0n) is 19.0. The van der Waals surface area contributed by atoms with Crippen molar-refractivity contribution in [2.24, 2.45) is 11.8 Å². The van der Waals surface area contributed by atoms with Crippen LogP contribution in [0.15, 0.2) is 34.7 Å². The van der Waals surface area contributed by atoms with E-state index < -0.39 is 0 Å². The molecule has 1 aromatic carbocycles. The number of carbonyl (C=O) groups excluding carboxylic acids is 2. The van der Waals surface area contributed by atoms with Crippen molar-refractivity contribution in [1.82, 2.24) is 25.0 Å². The molecule has 1 fully saturated rings. The molecule has 2 atom stereocenters. The largest absolute Gasteiger partial charge is 0.451 e. The number of nitrogens with one attached hydrogen (secondary N) is 1. The fourth-order valence-electron chi connectivity index (χ4n) is 4.56. The number of ether oxygens (including phenoxy) is 1. The van der Waals surface area contributed by atoms with Gasteiger partial charge in [0.2, 0.25) is 5.91 Å². The Kier molecular flexibility index (Phi) is 5.88. The molecule has 0 aliphatic carbocycles. The lowest BCUT2D eigenvalue weighted by Gasteiger charge is -2.24. The Morgan fingerprint density at radius 2 is 2.00 bits per heavy atom. The van der Waals surface area contributed by atoms with Crippen LogP contribution in [0.5, 0.6) is 0 Å². The van der Waals surface area contributed by atoms with Gasteiger partial charge >= 0.3 is 0 Å². The van der Waals surface area contributed by atoms with E-state index in [1.54, 1.807) is 11.0 Å². The zero-order chi connectivity index (χ0) is 22.9. The van der Waals surface area contributed by atoms with E-state index in [-0.39, 0.29) is 29.7 Å². The number of benzene rings is 1. The number of fused-ring (bicyclic) bond motifs is 2. The van der Waals surface area contributed by atoms with Crippen molar-refractivity contribution in [2.75, 3.05) is 26.3 Å². The second kappa shape index (κ2) is 8.97. The molecule has 1 saturated heterocycles. The van der Waals surface area contributed by atoms with Gasteiger partial charge < -0.3 is 23.9 Å². The van der Waals surface area contributed by atoms with Gasteiger partial charge in [0.1, 0.15) is 11.4 Å². The van der Waals surface area contributed by atoms with E-state index in [0.29, 0.717) is 50.6 Å². The second-order valence-electron chi connectivity index (χ2n) is 9.11. The summed E-state index contributed by atoms with van der Waals surface area (Å²) in [6.07, 6.45) is 1.33. The molecular formula is C24H29N5O4. The minimum Gasteiger partial charge on any atom is -0.451 e. The van der Waals surface area contributed by atoms with Crippen LogP contribution in [0.1, 0.15) is 48.5 Å². The fourth-order valence-corrected chi connectivity index (χ4v) is 4.56. The minimum atomic E-state index is -0.253. The van der Waals surface area contributed by atoms with Crippen LogP contribution >= 0.6 is 0 Å². The molecule has 2 aromatic heterocycles. The average molecular weight is 452 g/mol. The molecule has 2 unspecified atom stereocenters. The van der Waals surface area contributed by atoms with Crippen molar-refractivity contribution >= 4 is 22.8 Å². The monoisotopic (exact) mass is 451 g/mol. The zero-order valence-corrected chi connectivity index (χ0v) is 19.0. The molecule has 1 N–H and O–H groups in total. The molecule has 9 heteroatoms. The molecule has 0 bridgehead atoms. The first kappa shape index (κ1) is 21.6. The maximum absolute atomic E-state index is 13.1. The third-order valence-electron chi connectivity index (χ3n) is 6.52. The third-order valence-corrected chi connectivity index (χ3v) is 6.52. The number of nitrogens with zero attached hydrogens (tertiary/aromatic N) is 4. The molecular weight excluding hydrogens is 422 g/mol. The number of rotatable bonds is 5. The molecule has 9 nitrogen and oxygen atoms in total. The van der Waals surface area contributed by atoms with Crippen molar-refractivity contribution in [3.63, 3.8) is 0 Å². The lowest BCUT2D eigenvalue weighted by atomic mass is 10.0. The number of para-hydroxylation sites is 1. The van der Waals surface area contributed by atoms with Gasteiger partial charge in [0, 0.05) is 38.0 Å². The molecule has 2 amide bonds. The summed E-state index contributed by atoms with van der Waals surface area (Å²) in [5.74, 6) is 1.82. The first-order chi connectivity index (χ1) is 16.0. The van der Waals surface area contributed by atoms with E-state index >= 15 is 0 Å². The number of hydrogen-bond acceptors (Lipinski definition) is 6. The summed E-state index contributed by atoms with van der Waals surface area (Å²) in [5, 5.41) is 12.9. The highest BCUT2D eigenvalue weighted by Crippen LogP contribution is 2.25. The topological polar surface area (TPSA) is 102 Å². The summed E-state index contributed by atoms with van der Waals surface area (Å²) >= 11 is 0. The Morgan fingerprint density at radius 3 is 2.76 bits per heavy atom. The van der Waals surface area contributed by atoms with Crippen molar-refractivity contribution in [1.29, 1.82) is 0 Å². The van der Waals surface area contributed by atoms with E-state index in [4.69, 9.17) is 9.15 Å². The number of amides is 2. The van der Waals surface area contributed by atoms with Crippen LogP contribution in [0.3, 0.4) is 0 Å². The van der Waals surface area contributed by atoms with Crippen LogP contribution < -0.4 is 5.32 Å². The predicted molar refractivity (Wildman–Crippen MR) is 120 cm³/mol. The van der Waals surface area contributed by atoms with Crippen LogP contribution in [0.2, 0.25) is 0 Å². The van der Waals surface area contributed by atoms with Gasteiger partial charge in [0.15, 0.2) is 11.6 Å². The highest BCUT2D eigenvalue weighted by Gasteiger charge is 2.32. The van der Waals surface area contributed by atoms with Crippen molar-refractivity contribution < 1.29 is 18.7 Å². The lowest BCUT2D eigenvalue weighted by molar-refractivity contribution is -0.126. The van der Waals surface area contributed by atoms with Gasteiger partial charge in [-0.15, -0.1) is 10.2 Å². The summed E-state index contributed by atoms with van der Waals surface area (Å²) < 4.78 is 13.2. The third kappa shape index (κ3) is 4.25. The molecule has 0 spiro atoms. The van der Waals surface area contributed by atoms with Gasteiger partial charge in [-0.25, -0.2) is 0 Å². The Balaban J connectivity index is 1.32.